The van der Waals surface area contributed by atoms with Gasteiger partial charge in [-0.3, -0.25) is 9.59 Å². The number of amides is 2. The van der Waals surface area contributed by atoms with Crippen molar-refractivity contribution in [3.8, 4) is 0 Å². The Bertz CT molecular complexity index is 959. The molecular weight excluding hydrogens is 372 g/mol. The first kappa shape index (κ1) is 19.6. The highest BCUT2D eigenvalue weighted by Crippen LogP contribution is 2.22. The molecule has 3 aromatic rings. The molecule has 2 amide bonds. The van der Waals surface area contributed by atoms with Gasteiger partial charge in [-0.15, -0.1) is 0 Å². The molecule has 0 unspecified atom stereocenters. The molecule has 0 radical (unpaired) electrons. The molecule has 5 heteroatoms. The summed E-state index contributed by atoms with van der Waals surface area (Å²) in [6, 6.07) is 23.3. The third-order valence-corrected chi connectivity index (χ3v) is 4.80. The van der Waals surface area contributed by atoms with Crippen LogP contribution in [0, 0.1) is 6.92 Å². The molecule has 0 bridgehead atoms. The maximum Gasteiger partial charge on any atom is 0.251 e. The molecule has 0 saturated carbocycles. The summed E-state index contributed by atoms with van der Waals surface area (Å²) in [5.41, 5.74) is 2.98. The summed E-state index contributed by atoms with van der Waals surface area (Å²) in [6.45, 7) is 1.90. The van der Waals surface area contributed by atoms with Crippen LogP contribution in [-0.2, 0) is 4.79 Å². The van der Waals surface area contributed by atoms with Gasteiger partial charge in [0.25, 0.3) is 5.91 Å². The lowest BCUT2D eigenvalue weighted by molar-refractivity contribution is -0.116. The molecule has 142 valence electrons. The lowest BCUT2D eigenvalue weighted by Gasteiger charge is -2.19. The maximum atomic E-state index is 12.6. The first-order chi connectivity index (χ1) is 13.5. The van der Waals surface area contributed by atoms with Gasteiger partial charge in [-0.2, -0.15) is 0 Å². The number of halogens is 1. The van der Waals surface area contributed by atoms with Crippen molar-refractivity contribution in [2.45, 2.75) is 19.4 Å². The van der Waals surface area contributed by atoms with E-state index >= 15 is 0 Å². The van der Waals surface area contributed by atoms with E-state index in [9.17, 15) is 9.59 Å². The minimum absolute atomic E-state index is 0.105. The van der Waals surface area contributed by atoms with Gasteiger partial charge >= 0.3 is 0 Å². The minimum Gasteiger partial charge on any atom is -0.345 e. The van der Waals surface area contributed by atoms with Crippen molar-refractivity contribution >= 4 is 29.1 Å². The van der Waals surface area contributed by atoms with Gasteiger partial charge in [-0.25, -0.2) is 0 Å². The Morgan fingerprint density at radius 1 is 0.929 bits per heavy atom. The Morgan fingerprint density at radius 2 is 1.57 bits per heavy atom. The molecule has 4 nitrogen and oxygen atoms in total. The van der Waals surface area contributed by atoms with Crippen molar-refractivity contribution in [1.29, 1.82) is 0 Å². The van der Waals surface area contributed by atoms with Gasteiger partial charge in [0.15, 0.2) is 0 Å². The van der Waals surface area contributed by atoms with Crippen molar-refractivity contribution in [3.05, 3.63) is 101 Å². The van der Waals surface area contributed by atoms with E-state index in [1.807, 2.05) is 49.4 Å². The third kappa shape index (κ3) is 5.21. The Kier molecular flexibility index (Phi) is 6.45. The topological polar surface area (TPSA) is 58.2 Å². The molecular formula is C23H21ClN2O2. The van der Waals surface area contributed by atoms with Crippen LogP contribution in [0.4, 0.5) is 5.69 Å². The maximum absolute atomic E-state index is 12.6. The Labute approximate surface area is 169 Å². The zero-order valence-corrected chi connectivity index (χ0v) is 16.2. The van der Waals surface area contributed by atoms with Crippen LogP contribution in [0.5, 0.6) is 0 Å². The molecule has 28 heavy (non-hydrogen) atoms. The molecule has 0 aliphatic heterocycles. The molecule has 2 N–H and O–H groups in total. The first-order valence-electron chi connectivity index (χ1n) is 9.00. The van der Waals surface area contributed by atoms with Crippen molar-refractivity contribution in [3.63, 3.8) is 0 Å². The van der Waals surface area contributed by atoms with Crippen molar-refractivity contribution < 1.29 is 9.59 Å². The van der Waals surface area contributed by atoms with Crippen LogP contribution >= 0.6 is 11.6 Å². The van der Waals surface area contributed by atoms with E-state index in [0.29, 0.717) is 16.3 Å². The second-order valence-corrected chi connectivity index (χ2v) is 6.93. The number of aryl methyl sites for hydroxylation is 1. The molecule has 0 aliphatic rings. The summed E-state index contributed by atoms with van der Waals surface area (Å²) in [5, 5.41) is 6.40. The van der Waals surface area contributed by atoms with Crippen molar-refractivity contribution in [2.24, 2.45) is 0 Å². The average Bonchev–Trinajstić information content (AvgIpc) is 2.71. The van der Waals surface area contributed by atoms with Crippen LogP contribution in [0.3, 0.4) is 0 Å². The number of hydrogen-bond donors (Lipinski definition) is 2. The molecule has 3 aromatic carbocycles. The zero-order valence-electron chi connectivity index (χ0n) is 15.5. The number of rotatable bonds is 6. The van der Waals surface area contributed by atoms with E-state index in [0.717, 1.165) is 11.1 Å². The molecule has 0 fully saturated rings. The Hall–Kier alpha value is -3.11. The second-order valence-electron chi connectivity index (χ2n) is 6.52. The summed E-state index contributed by atoms with van der Waals surface area (Å²) in [7, 11) is 0. The number of carbonyl (C=O) groups excluding carboxylic acids is 2. The number of carbonyl (C=O) groups is 2. The molecule has 0 heterocycles. The highest BCUT2D eigenvalue weighted by Gasteiger charge is 2.19. The summed E-state index contributed by atoms with van der Waals surface area (Å²) in [6.07, 6.45) is 0.105. The molecule has 0 spiro atoms. The predicted octanol–water partition coefficient (Wildman–Crippen LogP) is 5.15. The van der Waals surface area contributed by atoms with E-state index in [2.05, 4.69) is 10.6 Å². The first-order valence-corrected chi connectivity index (χ1v) is 9.37. The Balaban J connectivity index is 1.74. The fraction of sp³-hybridized carbons (Fsp3) is 0.130. The van der Waals surface area contributed by atoms with Gasteiger partial charge in [0, 0.05) is 16.3 Å². The summed E-state index contributed by atoms with van der Waals surface area (Å²) in [4.78, 5) is 25.2. The highest BCUT2D eigenvalue weighted by molar-refractivity contribution is 6.31. The number of nitrogens with one attached hydrogen (secondary N) is 2. The summed E-state index contributed by atoms with van der Waals surface area (Å²) in [5.74, 6) is -0.428. The van der Waals surface area contributed by atoms with E-state index in [4.69, 9.17) is 11.6 Å². The SMILES string of the molecule is Cc1ccc(NC(=O)C[C@H](NC(=O)c2ccccc2)c2ccccc2)cc1Cl. The Morgan fingerprint density at radius 3 is 2.21 bits per heavy atom. The molecule has 0 aromatic heterocycles. The van der Waals surface area contributed by atoms with Crippen molar-refractivity contribution in [2.75, 3.05) is 5.32 Å². The lowest BCUT2D eigenvalue weighted by atomic mass is 10.0. The van der Waals surface area contributed by atoms with Gasteiger partial charge in [-0.05, 0) is 42.3 Å². The standard InChI is InChI=1S/C23H21ClN2O2/c1-16-12-13-19(14-20(16)24)25-22(27)15-21(17-8-4-2-5-9-17)26-23(28)18-10-6-3-7-11-18/h2-14,21H,15H2,1H3,(H,25,27)(H,26,28)/t21-/m0/s1. The van der Waals surface area contributed by atoms with Crippen LogP contribution < -0.4 is 10.6 Å². The van der Waals surface area contributed by atoms with Gasteiger partial charge in [0.2, 0.25) is 5.91 Å². The number of benzene rings is 3. The average molecular weight is 393 g/mol. The van der Waals surface area contributed by atoms with E-state index in [1.165, 1.54) is 0 Å². The van der Waals surface area contributed by atoms with E-state index in [-0.39, 0.29) is 18.2 Å². The molecule has 0 aliphatic carbocycles. The van der Waals surface area contributed by atoms with E-state index < -0.39 is 6.04 Å². The van der Waals surface area contributed by atoms with Gasteiger partial charge in [0.1, 0.15) is 0 Å². The van der Waals surface area contributed by atoms with Crippen LogP contribution in [0.2, 0.25) is 5.02 Å². The smallest absolute Gasteiger partial charge is 0.251 e. The summed E-state index contributed by atoms with van der Waals surface area (Å²) >= 11 is 6.13. The monoisotopic (exact) mass is 392 g/mol. The number of hydrogen-bond acceptors (Lipinski definition) is 2. The van der Waals surface area contributed by atoms with Crippen LogP contribution in [0.1, 0.15) is 33.9 Å². The lowest BCUT2D eigenvalue weighted by Crippen LogP contribution is -2.31. The van der Waals surface area contributed by atoms with Gasteiger partial charge < -0.3 is 10.6 Å². The second kappa shape index (κ2) is 9.20. The van der Waals surface area contributed by atoms with Crippen molar-refractivity contribution in [1.82, 2.24) is 5.32 Å². The molecule has 3 rings (SSSR count). The fourth-order valence-corrected chi connectivity index (χ4v) is 3.02. The van der Waals surface area contributed by atoms with Crippen LogP contribution in [0.25, 0.3) is 0 Å². The van der Waals surface area contributed by atoms with Gasteiger partial charge in [-0.1, -0.05) is 66.2 Å². The van der Waals surface area contributed by atoms with Crippen LogP contribution in [0.15, 0.2) is 78.9 Å². The fourth-order valence-electron chi connectivity index (χ4n) is 2.84. The number of anilines is 1. The zero-order chi connectivity index (χ0) is 19.9. The summed E-state index contributed by atoms with van der Waals surface area (Å²) < 4.78 is 0. The predicted molar refractivity (Wildman–Crippen MR) is 113 cm³/mol. The largest absolute Gasteiger partial charge is 0.345 e. The normalized spacial score (nSPS) is 11.5. The quantitative estimate of drug-likeness (QED) is 0.609. The third-order valence-electron chi connectivity index (χ3n) is 4.39. The molecule has 0 saturated heterocycles. The highest BCUT2D eigenvalue weighted by atomic mass is 35.5. The van der Waals surface area contributed by atoms with Crippen LogP contribution in [-0.4, -0.2) is 11.8 Å². The minimum atomic E-state index is -0.449. The van der Waals surface area contributed by atoms with Gasteiger partial charge in [0.05, 0.1) is 12.5 Å². The van der Waals surface area contributed by atoms with E-state index in [1.54, 1.807) is 36.4 Å². The molecule has 1 atom stereocenters.